The molecule has 1 aromatic heterocycles. The van der Waals surface area contributed by atoms with Gasteiger partial charge in [-0.3, -0.25) is 9.89 Å². The largest absolute Gasteiger partial charge is 0.396 e. The highest BCUT2D eigenvalue weighted by molar-refractivity contribution is 5.94. The molecule has 0 fully saturated rings. The minimum atomic E-state index is -0.118. The molecule has 0 radical (unpaired) electrons. The summed E-state index contributed by atoms with van der Waals surface area (Å²) in [4.78, 5) is 12.1. The first kappa shape index (κ1) is 15.0. The molecule has 1 amide bonds. The van der Waals surface area contributed by atoms with Crippen LogP contribution in [0.2, 0.25) is 0 Å². The number of aliphatic hydroxyl groups is 1. The second-order valence-electron chi connectivity index (χ2n) is 6.14. The van der Waals surface area contributed by atoms with Gasteiger partial charge in [0.25, 0.3) is 5.91 Å². The van der Waals surface area contributed by atoms with Gasteiger partial charge in [-0.25, -0.2) is 0 Å². The highest BCUT2D eigenvalue weighted by atomic mass is 16.3. The van der Waals surface area contributed by atoms with Gasteiger partial charge in [-0.1, -0.05) is 13.8 Å². The first-order valence-electron chi connectivity index (χ1n) is 7.19. The Morgan fingerprint density at radius 2 is 2.30 bits per heavy atom. The molecule has 2 heterocycles. The van der Waals surface area contributed by atoms with Crippen molar-refractivity contribution in [3.05, 3.63) is 17.0 Å². The van der Waals surface area contributed by atoms with E-state index in [-0.39, 0.29) is 17.9 Å². The zero-order valence-corrected chi connectivity index (χ0v) is 12.3. The summed E-state index contributed by atoms with van der Waals surface area (Å²) in [5.74, 6) is -0.118. The molecule has 6 nitrogen and oxygen atoms in total. The monoisotopic (exact) mass is 280 g/mol. The maximum absolute atomic E-state index is 12.1. The second kappa shape index (κ2) is 6.37. The number of fused-ring (bicyclic) bond motifs is 1. The van der Waals surface area contributed by atoms with Gasteiger partial charge < -0.3 is 15.7 Å². The minimum Gasteiger partial charge on any atom is -0.396 e. The molecule has 0 bridgehead atoms. The van der Waals surface area contributed by atoms with Gasteiger partial charge in [-0.05, 0) is 18.3 Å². The van der Waals surface area contributed by atoms with E-state index < -0.39 is 0 Å². The lowest BCUT2D eigenvalue weighted by Gasteiger charge is -2.21. The molecule has 0 atom stereocenters. The van der Waals surface area contributed by atoms with Crippen LogP contribution in [0.1, 0.15) is 48.4 Å². The Hall–Kier alpha value is -1.40. The van der Waals surface area contributed by atoms with E-state index in [0.717, 1.165) is 37.1 Å². The number of carbonyl (C=O) groups excluding carboxylic acids is 1. The Labute approximate surface area is 119 Å². The zero-order valence-electron chi connectivity index (χ0n) is 12.3. The first-order chi connectivity index (χ1) is 9.53. The lowest BCUT2D eigenvalue weighted by Crippen LogP contribution is -2.29. The molecule has 4 N–H and O–H groups in total. The molecule has 2 rings (SSSR count). The van der Waals surface area contributed by atoms with Gasteiger partial charge in [0.15, 0.2) is 5.69 Å². The summed E-state index contributed by atoms with van der Waals surface area (Å²) in [6, 6.07) is 0. The van der Waals surface area contributed by atoms with Crippen molar-refractivity contribution in [1.29, 1.82) is 0 Å². The first-order valence-corrected chi connectivity index (χ1v) is 7.19. The van der Waals surface area contributed by atoms with Gasteiger partial charge >= 0.3 is 0 Å². The number of carbonyl (C=O) groups is 1. The van der Waals surface area contributed by atoms with E-state index in [9.17, 15) is 9.90 Å². The van der Waals surface area contributed by atoms with Crippen molar-refractivity contribution < 1.29 is 9.90 Å². The molecule has 0 saturated heterocycles. The van der Waals surface area contributed by atoms with Gasteiger partial charge in [-0.15, -0.1) is 0 Å². The van der Waals surface area contributed by atoms with Gasteiger partial charge in [-0.2, -0.15) is 5.10 Å². The molecule has 6 heteroatoms. The van der Waals surface area contributed by atoms with Crippen molar-refractivity contribution in [3.8, 4) is 0 Å². The summed E-state index contributed by atoms with van der Waals surface area (Å²) < 4.78 is 0. The number of aromatic nitrogens is 2. The second-order valence-corrected chi connectivity index (χ2v) is 6.14. The Balaban J connectivity index is 1.82. The van der Waals surface area contributed by atoms with E-state index in [2.05, 4.69) is 20.8 Å². The maximum atomic E-state index is 12.1. The van der Waals surface area contributed by atoms with Gasteiger partial charge in [0, 0.05) is 43.9 Å². The molecule has 1 aliphatic heterocycles. The number of aliphatic hydroxyl groups excluding tert-OH is 1. The van der Waals surface area contributed by atoms with Crippen LogP contribution in [0.15, 0.2) is 0 Å². The van der Waals surface area contributed by atoms with Crippen molar-refractivity contribution in [2.24, 2.45) is 5.41 Å². The summed E-state index contributed by atoms with van der Waals surface area (Å²) in [5, 5.41) is 22.4. The van der Waals surface area contributed by atoms with Crippen LogP contribution in [0.3, 0.4) is 0 Å². The smallest absolute Gasteiger partial charge is 0.272 e. The number of amides is 1. The quantitative estimate of drug-likeness (QED) is 0.574. The predicted molar refractivity (Wildman–Crippen MR) is 76.4 cm³/mol. The van der Waals surface area contributed by atoms with Gasteiger partial charge in [0.2, 0.25) is 0 Å². The topological polar surface area (TPSA) is 90.0 Å². The van der Waals surface area contributed by atoms with Crippen molar-refractivity contribution in [2.45, 2.75) is 39.7 Å². The number of aromatic amines is 1. The Morgan fingerprint density at radius 1 is 1.50 bits per heavy atom. The normalized spacial score (nSPS) is 14.9. The van der Waals surface area contributed by atoms with E-state index >= 15 is 0 Å². The summed E-state index contributed by atoms with van der Waals surface area (Å²) in [7, 11) is 0. The summed E-state index contributed by atoms with van der Waals surface area (Å²) in [5.41, 5.74) is 2.48. The molecule has 0 aliphatic carbocycles. The van der Waals surface area contributed by atoms with Crippen molar-refractivity contribution in [1.82, 2.24) is 20.8 Å². The predicted octanol–water partition coefficient (Wildman–Crippen LogP) is 0.584. The molecule has 1 aromatic rings. The summed E-state index contributed by atoms with van der Waals surface area (Å²) >= 11 is 0. The van der Waals surface area contributed by atoms with Crippen LogP contribution in [0.25, 0.3) is 0 Å². The molecule has 112 valence electrons. The van der Waals surface area contributed by atoms with Crippen LogP contribution in [-0.2, 0) is 13.0 Å². The average Bonchev–Trinajstić information content (AvgIpc) is 2.87. The highest BCUT2D eigenvalue weighted by Crippen LogP contribution is 2.20. The fourth-order valence-corrected chi connectivity index (χ4v) is 2.34. The average molecular weight is 280 g/mol. The van der Waals surface area contributed by atoms with Gasteiger partial charge in [0.05, 0.1) is 0 Å². The number of rotatable bonds is 6. The zero-order chi connectivity index (χ0) is 14.6. The van der Waals surface area contributed by atoms with Crippen molar-refractivity contribution in [3.63, 3.8) is 0 Å². The van der Waals surface area contributed by atoms with Crippen LogP contribution >= 0.6 is 0 Å². The van der Waals surface area contributed by atoms with Crippen LogP contribution < -0.4 is 10.6 Å². The minimum absolute atomic E-state index is 0.0832. The van der Waals surface area contributed by atoms with Crippen molar-refractivity contribution in [2.75, 3.05) is 19.7 Å². The van der Waals surface area contributed by atoms with Crippen LogP contribution in [0.5, 0.6) is 0 Å². The maximum Gasteiger partial charge on any atom is 0.272 e. The highest BCUT2D eigenvalue weighted by Gasteiger charge is 2.21. The molecular weight excluding hydrogens is 256 g/mol. The van der Waals surface area contributed by atoms with E-state index in [1.165, 1.54) is 0 Å². The van der Waals surface area contributed by atoms with Gasteiger partial charge in [0.1, 0.15) is 0 Å². The number of hydrogen-bond donors (Lipinski definition) is 4. The number of nitrogens with zero attached hydrogens (tertiary/aromatic N) is 1. The van der Waals surface area contributed by atoms with E-state index in [0.29, 0.717) is 18.8 Å². The molecule has 0 unspecified atom stereocenters. The van der Waals surface area contributed by atoms with E-state index in [1.807, 2.05) is 13.8 Å². The van der Waals surface area contributed by atoms with E-state index in [1.54, 1.807) is 0 Å². The van der Waals surface area contributed by atoms with E-state index in [4.69, 9.17) is 0 Å². The van der Waals surface area contributed by atoms with Crippen LogP contribution in [0.4, 0.5) is 0 Å². The SMILES string of the molecule is CC(C)(CO)CCCNC(=O)c1n[nH]c2c1CNCC2. The Morgan fingerprint density at radius 3 is 3.05 bits per heavy atom. The molecule has 1 aliphatic rings. The van der Waals surface area contributed by atoms with Crippen LogP contribution in [-0.4, -0.2) is 40.9 Å². The number of nitrogens with one attached hydrogen (secondary N) is 3. The lowest BCUT2D eigenvalue weighted by atomic mass is 9.89. The van der Waals surface area contributed by atoms with Crippen LogP contribution in [0, 0.1) is 5.41 Å². The standard InChI is InChI=1S/C14H24N4O2/c1-14(2,9-19)5-3-6-16-13(20)12-10-8-15-7-4-11(10)17-18-12/h15,19H,3-9H2,1-2H3,(H,16,20)(H,17,18). The van der Waals surface area contributed by atoms with Crippen molar-refractivity contribution >= 4 is 5.91 Å². The Bertz CT molecular complexity index is 468. The fourth-order valence-electron chi connectivity index (χ4n) is 2.34. The molecule has 20 heavy (non-hydrogen) atoms. The number of H-pyrrole nitrogens is 1. The molecular formula is C14H24N4O2. The summed E-state index contributed by atoms with van der Waals surface area (Å²) in [6.45, 7) is 6.44. The summed E-state index contributed by atoms with van der Waals surface area (Å²) in [6.07, 6.45) is 2.62. The Kier molecular flexibility index (Phi) is 4.77. The third-order valence-electron chi connectivity index (χ3n) is 3.77. The fraction of sp³-hybridized carbons (Fsp3) is 0.714. The lowest BCUT2D eigenvalue weighted by molar-refractivity contribution is 0.0942. The molecule has 0 spiro atoms. The number of hydrogen-bond acceptors (Lipinski definition) is 4. The third kappa shape index (κ3) is 3.58. The molecule has 0 aromatic carbocycles. The molecule has 0 saturated carbocycles. The third-order valence-corrected chi connectivity index (χ3v) is 3.77.